The third-order valence-corrected chi connectivity index (χ3v) is 3.24. The smallest absolute Gasteiger partial charge is 0.119 e. The van der Waals surface area contributed by atoms with Gasteiger partial charge in [-0.2, -0.15) is 0 Å². The number of hydrogen-bond acceptors (Lipinski definition) is 5. The summed E-state index contributed by atoms with van der Waals surface area (Å²) in [5.41, 5.74) is 6.83. The SMILES string of the molecule is CC[C@@H](N)c1ccc(Sc2cnccn2)cn1. The molecule has 0 amide bonds. The Bertz CT molecular complexity index is 458. The lowest BCUT2D eigenvalue weighted by molar-refractivity contribution is 0.674. The van der Waals surface area contributed by atoms with Gasteiger partial charge in [0.15, 0.2) is 0 Å². The highest BCUT2D eigenvalue weighted by Gasteiger charge is 2.05. The highest BCUT2D eigenvalue weighted by molar-refractivity contribution is 7.99. The van der Waals surface area contributed by atoms with Crippen LogP contribution < -0.4 is 5.73 Å². The van der Waals surface area contributed by atoms with E-state index in [0.717, 1.165) is 22.0 Å². The van der Waals surface area contributed by atoms with E-state index in [4.69, 9.17) is 5.73 Å². The minimum atomic E-state index is 0.0190. The average Bonchev–Trinajstić information content (AvgIpc) is 2.40. The van der Waals surface area contributed by atoms with Gasteiger partial charge in [0.25, 0.3) is 0 Å². The van der Waals surface area contributed by atoms with Crippen LogP contribution >= 0.6 is 11.8 Å². The molecule has 0 bridgehead atoms. The minimum Gasteiger partial charge on any atom is -0.323 e. The largest absolute Gasteiger partial charge is 0.323 e. The molecule has 2 heterocycles. The molecule has 0 aliphatic heterocycles. The molecular weight excluding hydrogens is 232 g/mol. The zero-order chi connectivity index (χ0) is 12.1. The maximum Gasteiger partial charge on any atom is 0.119 e. The van der Waals surface area contributed by atoms with E-state index >= 15 is 0 Å². The van der Waals surface area contributed by atoms with E-state index in [1.807, 2.05) is 18.3 Å². The Morgan fingerprint density at radius 2 is 2.12 bits per heavy atom. The van der Waals surface area contributed by atoms with Gasteiger partial charge in [-0.3, -0.25) is 9.97 Å². The van der Waals surface area contributed by atoms with Gasteiger partial charge in [0.1, 0.15) is 5.03 Å². The first-order valence-electron chi connectivity index (χ1n) is 5.45. The van der Waals surface area contributed by atoms with Crippen molar-refractivity contribution in [1.82, 2.24) is 15.0 Å². The molecule has 0 aliphatic rings. The average molecular weight is 246 g/mol. The molecule has 0 saturated heterocycles. The molecule has 2 aromatic rings. The number of aromatic nitrogens is 3. The Labute approximate surface area is 105 Å². The summed E-state index contributed by atoms with van der Waals surface area (Å²) in [6.45, 7) is 2.05. The molecule has 0 aromatic carbocycles. The summed E-state index contributed by atoms with van der Waals surface area (Å²) in [7, 11) is 0. The van der Waals surface area contributed by atoms with Crippen molar-refractivity contribution in [2.24, 2.45) is 5.73 Å². The molecule has 0 aliphatic carbocycles. The van der Waals surface area contributed by atoms with E-state index in [2.05, 4.69) is 21.9 Å². The summed E-state index contributed by atoms with van der Waals surface area (Å²) in [4.78, 5) is 13.6. The third kappa shape index (κ3) is 3.25. The van der Waals surface area contributed by atoms with Crippen LogP contribution in [0.5, 0.6) is 0 Å². The van der Waals surface area contributed by atoms with Gasteiger partial charge in [0.2, 0.25) is 0 Å². The van der Waals surface area contributed by atoms with Crippen molar-refractivity contribution in [2.45, 2.75) is 29.3 Å². The van der Waals surface area contributed by atoms with Gasteiger partial charge >= 0.3 is 0 Å². The van der Waals surface area contributed by atoms with Gasteiger partial charge in [-0.05, 0) is 18.6 Å². The van der Waals surface area contributed by atoms with Gasteiger partial charge in [0, 0.05) is 29.5 Å². The highest BCUT2D eigenvalue weighted by Crippen LogP contribution is 2.25. The van der Waals surface area contributed by atoms with Gasteiger partial charge < -0.3 is 5.73 Å². The van der Waals surface area contributed by atoms with E-state index < -0.39 is 0 Å². The van der Waals surface area contributed by atoms with Crippen LogP contribution in [0.15, 0.2) is 46.8 Å². The summed E-state index contributed by atoms with van der Waals surface area (Å²) in [6, 6.07) is 4.00. The maximum absolute atomic E-state index is 5.91. The highest BCUT2D eigenvalue weighted by atomic mass is 32.2. The molecule has 0 fully saturated rings. The summed E-state index contributed by atoms with van der Waals surface area (Å²) in [5, 5.41) is 0.863. The number of rotatable bonds is 4. The molecule has 2 N–H and O–H groups in total. The first-order chi connectivity index (χ1) is 8.29. The fourth-order valence-electron chi connectivity index (χ4n) is 1.34. The molecular formula is C12H14N4S. The molecule has 0 saturated carbocycles. The van der Waals surface area contributed by atoms with E-state index in [-0.39, 0.29) is 6.04 Å². The fourth-order valence-corrected chi connectivity index (χ4v) is 2.05. The topological polar surface area (TPSA) is 64.7 Å². The van der Waals surface area contributed by atoms with Crippen molar-refractivity contribution in [3.8, 4) is 0 Å². The van der Waals surface area contributed by atoms with Crippen LogP contribution in [0, 0.1) is 0 Å². The lowest BCUT2D eigenvalue weighted by Gasteiger charge is -2.08. The molecule has 0 radical (unpaired) electrons. The van der Waals surface area contributed by atoms with Crippen molar-refractivity contribution < 1.29 is 0 Å². The number of nitrogens with zero attached hydrogens (tertiary/aromatic N) is 3. The van der Waals surface area contributed by atoms with Gasteiger partial charge in [0.05, 0.1) is 11.9 Å². The third-order valence-electron chi connectivity index (χ3n) is 2.34. The molecule has 1 atom stereocenters. The normalized spacial score (nSPS) is 12.4. The van der Waals surface area contributed by atoms with Crippen LogP contribution in [0.1, 0.15) is 25.1 Å². The number of pyridine rings is 1. The molecule has 0 unspecified atom stereocenters. The van der Waals surface area contributed by atoms with Gasteiger partial charge in [-0.25, -0.2) is 4.98 Å². The Hall–Kier alpha value is -1.46. The van der Waals surface area contributed by atoms with Crippen LogP contribution in [0.3, 0.4) is 0 Å². The standard InChI is InChI=1S/C12H14N4S/c1-2-10(13)11-4-3-9(7-16-11)17-12-8-14-5-6-15-12/h3-8,10H,2,13H2,1H3/t10-/m1/s1. The second-order valence-electron chi connectivity index (χ2n) is 3.58. The Morgan fingerprint density at radius 1 is 1.24 bits per heavy atom. The second-order valence-corrected chi connectivity index (χ2v) is 4.67. The van der Waals surface area contributed by atoms with Crippen molar-refractivity contribution in [3.63, 3.8) is 0 Å². The predicted octanol–water partition coefficient (Wildman–Crippen LogP) is 2.43. The number of nitrogens with two attached hydrogens (primary N) is 1. The zero-order valence-electron chi connectivity index (χ0n) is 9.58. The summed E-state index contributed by atoms with van der Waals surface area (Å²) >= 11 is 1.54. The first-order valence-corrected chi connectivity index (χ1v) is 6.26. The van der Waals surface area contributed by atoms with Crippen LogP contribution in [-0.2, 0) is 0 Å². The molecule has 5 heteroatoms. The fraction of sp³-hybridized carbons (Fsp3) is 0.250. The predicted molar refractivity (Wildman–Crippen MR) is 67.6 cm³/mol. The lowest BCUT2D eigenvalue weighted by Crippen LogP contribution is -2.10. The van der Waals surface area contributed by atoms with Crippen molar-refractivity contribution in [1.29, 1.82) is 0 Å². The molecule has 4 nitrogen and oxygen atoms in total. The van der Waals surface area contributed by atoms with Crippen molar-refractivity contribution >= 4 is 11.8 Å². The van der Waals surface area contributed by atoms with Crippen LogP contribution in [-0.4, -0.2) is 15.0 Å². The van der Waals surface area contributed by atoms with E-state index in [9.17, 15) is 0 Å². The van der Waals surface area contributed by atoms with Crippen molar-refractivity contribution in [3.05, 3.63) is 42.6 Å². The quantitative estimate of drug-likeness (QED) is 0.897. The maximum atomic E-state index is 5.91. The van der Waals surface area contributed by atoms with E-state index in [0.29, 0.717) is 0 Å². The summed E-state index contributed by atoms with van der Waals surface area (Å²) in [5.74, 6) is 0. The Morgan fingerprint density at radius 3 is 2.71 bits per heavy atom. The molecule has 0 spiro atoms. The monoisotopic (exact) mass is 246 g/mol. The van der Waals surface area contributed by atoms with Gasteiger partial charge in [-0.1, -0.05) is 18.7 Å². The van der Waals surface area contributed by atoms with Gasteiger partial charge in [-0.15, -0.1) is 0 Å². The Kier molecular flexibility index (Phi) is 4.06. The Balaban J connectivity index is 2.08. The molecule has 2 aromatic heterocycles. The second kappa shape index (κ2) is 5.75. The van der Waals surface area contributed by atoms with Crippen LogP contribution in [0.25, 0.3) is 0 Å². The van der Waals surface area contributed by atoms with Crippen molar-refractivity contribution in [2.75, 3.05) is 0 Å². The summed E-state index contributed by atoms with van der Waals surface area (Å²) < 4.78 is 0. The number of hydrogen-bond donors (Lipinski definition) is 1. The van der Waals surface area contributed by atoms with Crippen LogP contribution in [0.4, 0.5) is 0 Å². The van der Waals surface area contributed by atoms with E-state index in [1.165, 1.54) is 11.8 Å². The summed E-state index contributed by atoms with van der Waals surface area (Å²) in [6.07, 6.45) is 7.78. The minimum absolute atomic E-state index is 0.0190. The first kappa shape index (κ1) is 12.0. The zero-order valence-corrected chi connectivity index (χ0v) is 10.4. The lowest BCUT2D eigenvalue weighted by atomic mass is 10.1. The molecule has 2 rings (SSSR count). The molecule has 17 heavy (non-hydrogen) atoms. The van der Waals surface area contributed by atoms with E-state index in [1.54, 1.807) is 18.6 Å². The van der Waals surface area contributed by atoms with Crippen LogP contribution in [0.2, 0.25) is 0 Å². The molecule has 88 valence electrons.